The number of likely N-dealkylation sites (N-methyl/N-ethyl adjacent to an activating group) is 1. The molecule has 0 radical (unpaired) electrons. The second kappa shape index (κ2) is 8.97. The number of halogens is 2. The molecule has 2 unspecified atom stereocenters. The summed E-state index contributed by atoms with van der Waals surface area (Å²) in [5.41, 5.74) is 0. The number of hydrogen-bond donors (Lipinski definition) is 3. The first-order chi connectivity index (χ1) is 8.20. The number of nitrogens with zero attached hydrogens (tertiary/aromatic N) is 1. The lowest BCUT2D eigenvalue weighted by molar-refractivity contribution is -0.123. The average molecular weight is 314 g/mol. The minimum absolute atomic E-state index is 0. The highest BCUT2D eigenvalue weighted by Crippen LogP contribution is 2.25. The SMILES string of the molecule is CCN(CCNC(=O)C1CC(O)CN1)C1CC1.Cl.Cl. The van der Waals surface area contributed by atoms with Gasteiger partial charge in [0, 0.05) is 25.7 Å². The van der Waals surface area contributed by atoms with Gasteiger partial charge in [0.1, 0.15) is 0 Å². The Hall–Kier alpha value is -0.0700. The highest BCUT2D eigenvalue weighted by molar-refractivity contribution is 5.85. The summed E-state index contributed by atoms with van der Waals surface area (Å²) in [6, 6.07) is 0.546. The molecule has 2 fully saturated rings. The van der Waals surface area contributed by atoms with Crippen molar-refractivity contribution in [1.82, 2.24) is 15.5 Å². The molecule has 0 bridgehead atoms. The molecular formula is C12H25Cl2N3O2. The number of aliphatic hydroxyl groups is 1. The van der Waals surface area contributed by atoms with E-state index in [1.165, 1.54) is 12.8 Å². The molecule has 1 amide bonds. The van der Waals surface area contributed by atoms with Gasteiger partial charge in [0.2, 0.25) is 5.91 Å². The molecule has 0 spiro atoms. The van der Waals surface area contributed by atoms with Crippen molar-refractivity contribution < 1.29 is 9.90 Å². The van der Waals surface area contributed by atoms with E-state index < -0.39 is 0 Å². The van der Waals surface area contributed by atoms with Crippen LogP contribution in [0, 0.1) is 0 Å². The molecule has 2 rings (SSSR count). The van der Waals surface area contributed by atoms with E-state index in [9.17, 15) is 9.90 Å². The van der Waals surface area contributed by atoms with Crippen LogP contribution < -0.4 is 10.6 Å². The molecule has 114 valence electrons. The maximum atomic E-state index is 11.7. The Morgan fingerprint density at radius 2 is 2.11 bits per heavy atom. The number of aliphatic hydroxyl groups excluding tert-OH is 1. The van der Waals surface area contributed by atoms with Gasteiger partial charge in [-0.1, -0.05) is 6.92 Å². The Bertz CT molecular complexity index is 278. The van der Waals surface area contributed by atoms with Crippen LogP contribution in [0.15, 0.2) is 0 Å². The summed E-state index contributed by atoms with van der Waals surface area (Å²) in [5, 5.41) is 15.3. The third-order valence-electron chi connectivity index (χ3n) is 3.59. The van der Waals surface area contributed by atoms with E-state index >= 15 is 0 Å². The van der Waals surface area contributed by atoms with Gasteiger partial charge in [-0.15, -0.1) is 24.8 Å². The van der Waals surface area contributed by atoms with Gasteiger partial charge < -0.3 is 15.7 Å². The van der Waals surface area contributed by atoms with Crippen molar-refractivity contribution in [2.75, 3.05) is 26.2 Å². The number of rotatable bonds is 6. The fourth-order valence-corrected chi connectivity index (χ4v) is 2.40. The quantitative estimate of drug-likeness (QED) is 0.653. The summed E-state index contributed by atoms with van der Waals surface area (Å²) in [6.07, 6.45) is 2.77. The number of carbonyl (C=O) groups excluding carboxylic acids is 1. The lowest BCUT2D eigenvalue weighted by atomic mass is 10.2. The highest BCUT2D eigenvalue weighted by Gasteiger charge is 2.29. The van der Waals surface area contributed by atoms with Gasteiger partial charge in [-0.25, -0.2) is 0 Å². The van der Waals surface area contributed by atoms with E-state index in [2.05, 4.69) is 22.5 Å². The molecule has 0 aromatic rings. The molecule has 1 aliphatic carbocycles. The van der Waals surface area contributed by atoms with Crippen molar-refractivity contribution in [3.05, 3.63) is 0 Å². The molecule has 3 N–H and O–H groups in total. The minimum atomic E-state index is -0.371. The second-order valence-electron chi connectivity index (χ2n) is 5.00. The van der Waals surface area contributed by atoms with Crippen molar-refractivity contribution in [2.24, 2.45) is 0 Å². The predicted molar refractivity (Wildman–Crippen MR) is 80.2 cm³/mol. The minimum Gasteiger partial charge on any atom is -0.392 e. The van der Waals surface area contributed by atoms with Gasteiger partial charge in [-0.05, 0) is 25.8 Å². The second-order valence-corrected chi connectivity index (χ2v) is 5.00. The van der Waals surface area contributed by atoms with Crippen molar-refractivity contribution in [1.29, 1.82) is 0 Å². The van der Waals surface area contributed by atoms with Crippen molar-refractivity contribution >= 4 is 30.7 Å². The van der Waals surface area contributed by atoms with E-state index in [4.69, 9.17) is 0 Å². The fraction of sp³-hybridized carbons (Fsp3) is 0.917. The number of β-amino-alcohol motifs (C(OH)–C–C–N with tert-alkyl or cyclic N) is 1. The highest BCUT2D eigenvalue weighted by atomic mass is 35.5. The van der Waals surface area contributed by atoms with Crippen LogP contribution in [0.25, 0.3) is 0 Å². The number of amides is 1. The van der Waals surface area contributed by atoms with Crippen LogP contribution in [0.1, 0.15) is 26.2 Å². The number of nitrogens with one attached hydrogen (secondary N) is 2. The molecule has 1 saturated carbocycles. The summed E-state index contributed by atoms with van der Waals surface area (Å²) in [7, 11) is 0. The lowest BCUT2D eigenvalue weighted by Gasteiger charge is -2.20. The third-order valence-corrected chi connectivity index (χ3v) is 3.59. The summed E-state index contributed by atoms with van der Waals surface area (Å²) in [5.74, 6) is 0.0217. The molecule has 5 nitrogen and oxygen atoms in total. The third kappa shape index (κ3) is 5.83. The van der Waals surface area contributed by atoms with Crippen LogP contribution in [0.4, 0.5) is 0 Å². The first-order valence-corrected chi connectivity index (χ1v) is 6.64. The van der Waals surface area contributed by atoms with Crippen molar-refractivity contribution in [2.45, 2.75) is 44.4 Å². The summed E-state index contributed by atoms with van der Waals surface area (Å²) >= 11 is 0. The van der Waals surface area contributed by atoms with Gasteiger partial charge >= 0.3 is 0 Å². The van der Waals surface area contributed by atoms with Crippen molar-refractivity contribution in [3.63, 3.8) is 0 Å². The topological polar surface area (TPSA) is 64.6 Å². The Kier molecular flexibility index (Phi) is 8.94. The monoisotopic (exact) mass is 313 g/mol. The van der Waals surface area contributed by atoms with Crippen molar-refractivity contribution in [3.8, 4) is 0 Å². The largest absolute Gasteiger partial charge is 0.392 e. The smallest absolute Gasteiger partial charge is 0.237 e. The summed E-state index contributed by atoms with van der Waals surface area (Å²) in [4.78, 5) is 14.2. The summed E-state index contributed by atoms with van der Waals surface area (Å²) in [6.45, 7) is 5.39. The van der Waals surface area contributed by atoms with Gasteiger partial charge in [-0.2, -0.15) is 0 Å². The van der Waals surface area contributed by atoms with Gasteiger partial charge in [0.05, 0.1) is 12.1 Å². The Balaban J connectivity index is 0.00000162. The zero-order valence-electron chi connectivity index (χ0n) is 11.3. The standard InChI is InChI=1S/C12H23N3O2.2ClH/c1-2-15(9-3-4-9)6-5-13-12(17)11-7-10(16)8-14-11;;/h9-11,14,16H,2-8H2,1H3,(H,13,17);2*1H. The molecular weight excluding hydrogens is 289 g/mol. The van der Waals surface area contributed by atoms with E-state index in [1.54, 1.807) is 0 Å². The Labute approximate surface area is 127 Å². The van der Waals surface area contributed by atoms with Crippen LogP contribution in [0.5, 0.6) is 0 Å². The first-order valence-electron chi connectivity index (χ1n) is 6.64. The fourth-order valence-electron chi connectivity index (χ4n) is 2.40. The van der Waals surface area contributed by atoms with Crippen LogP contribution in [0.3, 0.4) is 0 Å². The van der Waals surface area contributed by atoms with E-state index in [1.807, 2.05) is 0 Å². The molecule has 1 aliphatic heterocycles. The van der Waals surface area contributed by atoms with Gasteiger partial charge in [0.25, 0.3) is 0 Å². The maximum Gasteiger partial charge on any atom is 0.237 e. The van der Waals surface area contributed by atoms with Gasteiger partial charge in [-0.3, -0.25) is 9.69 Å². The molecule has 2 aliphatic rings. The van der Waals surface area contributed by atoms with Crippen LogP contribution in [0.2, 0.25) is 0 Å². The average Bonchev–Trinajstić information content (AvgIpc) is 3.06. The summed E-state index contributed by atoms with van der Waals surface area (Å²) < 4.78 is 0. The Morgan fingerprint density at radius 3 is 2.58 bits per heavy atom. The van der Waals surface area contributed by atoms with Crippen LogP contribution >= 0.6 is 24.8 Å². The van der Waals surface area contributed by atoms with E-state index in [-0.39, 0.29) is 42.9 Å². The van der Waals surface area contributed by atoms with Crippen LogP contribution in [-0.4, -0.2) is 60.3 Å². The molecule has 0 aromatic carbocycles. The maximum absolute atomic E-state index is 11.7. The Morgan fingerprint density at radius 1 is 1.42 bits per heavy atom. The van der Waals surface area contributed by atoms with Crippen LogP contribution in [-0.2, 0) is 4.79 Å². The molecule has 2 atom stereocenters. The number of hydrogen-bond acceptors (Lipinski definition) is 4. The zero-order valence-corrected chi connectivity index (χ0v) is 12.9. The zero-order chi connectivity index (χ0) is 12.3. The number of carbonyl (C=O) groups is 1. The normalized spacial score (nSPS) is 25.6. The molecule has 1 saturated heterocycles. The predicted octanol–water partition coefficient (Wildman–Crippen LogP) is 0.153. The van der Waals surface area contributed by atoms with E-state index in [0.29, 0.717) is 19.5 Å². The molecule has 19 heavy (non-hydrogen) atoms. The van der Waals surface area contributed by atoms with Gasteiger partial charge in [0.15, 0.2) is 0 Å². The first kappa shape index (κ1) is 18.9. The van der Waals surface area contributed by atoms with E-state index in [0.717, 1.165) is 19.1 Å². The molecule has 7 heteroatoms. The lowest BCUT2D eigenvalue weighted by Crippen LogP contribution is -2.43. The molecule has 0 aromatic heterocycles. The molecule has 1 heterocycles.